The first-order valence-electron chi connectivity index (χ1n) is 4.79. The molecule has 1 atom stereocenters. The van der Waals surface area contributed by atoms with Gasteiger partial charge in [-0.3, -0.25) is 4.79 Å². The van der Waals surface area contributed by atoms with Gasteiger partial charge in [0, 0.05) is 0 Å². The maximum atomic E-state index is 11.1. The predicted octanol–water partition coefficient (Wildman–Crippen LogP) is 1.64. The van der Waals surface area contributed by atoms with E-state index < -0.39 is 17.9 Å². The summed E-state index contributed by atoms with van der Waals surface area (Å²) in [7, 11) is 0. The topological polar surface area (TPSA) is 74.6 Å². The second-order valence-corrected chi connectivity index (χ2v) is 3.75. The SMILES string of the molecule is Cc1cccc2c1C(C(=O)O)C(C(=O)O)=C2. The molecule has 4 nitrogen and oxygen atoms in total. The van der Waals surface area contributed by atoms with E-state index in [1.165, 1.54) is 6.08 Å². The number of carboxylic acid groups (broad SMARTS) is 2. The normalized spacial score (nSPS) is 17.8. The minimum atomic E-state index is -1.18. The molecule has 0 radical (unpaired) electrons. The fraction of sp³-hybridized carbons (Fsp3) is 0.167. The Labute approximate surface area is 91.8 Å². The van der Waals surface area contributed by atoms with Gasteiger partial charge in [-0.1, -0.05) is 18.2 Å². The molecule has 82 valence electrons. The van der Waals surface area contributed by atoms with Crippen molar-refractivity contribution in [3.63, 3.8) is 0 Å². The molecule has 0 aliphatic heterocycles. The molecule has 1 aliphatic carbocycles. The maximum Gasteiger partial charge on any atom is 0.332 e. The number of fused-ring (bicyclic) bond motifs is 1. The van der Waals surface area contributed by atoms with Crippen molar-refractivity contribution < 1.29 is 19.8 Å². The molecule has 4 heteroatoms. The van der Waals surface area contributed by atoms with Crippen LogP contribution in [0.4, 0.5) is 0 Å². The molecule has 1 aromatic carbocycles. The van der Waals surface area contributed by atoms with Gasteiger partial charge in [-0.2, -0.15) is 0 Å². The third-order valence-corrected chi connectivity index (χ3v) is 2.76. The van der Waals surface area contributed by atoms with E-state index in [1.54, 1.807) is 25.1 Å². The third kappa shape index (κ3) is 1.39. The van der Waals surface area contributed by atoms with Gasteiger partial charge in [-0.15, -0.1) is 0 Å². The molecule has 0 saturated heterocycles. The third-order valence-electron chi connectivity index (χ3n) is 2.76. The highest BCUT2D eigenvalue weighted by Gasteiger charge is 2.35. The monoisotopic (exact) mass is 218 g/mol. The Bertz CT molecular complexity index is 514. The summed E-state index contributed by atoms with van der Waals surface area (Å²) in [5.41, 5.74) is 2.01. The lowest BCUT2D eigenvalue weighted by Gasteiger charge is -2.11. The Morgan fingerprint density at radius 2 is 1.94 bits per heavy atom. The minimum Gasteiger partial charge on any atom is -0.481 e. The van der Waals surface area contributed by atoms with Crippen LogP contribution in [0.1, 0.15) is 22.6 Å². The lowest BCUT2D eigenvalue weighted by molar-refractivity contribution is -0.141. The molecule has 16 heavy (non-hydrogen) atoms. The van der Waals surface area contributed by atoms with Gasteiger partial charge in [0.25, 0.3) is 0 Å². The zero-order valence-corrected chi connectivity index (χ0v) is 8.60. The zero-order chi connectivity index (χ0) is 11.9. The fourth-order valence-electron chi connectivity index (χ4n) is 2.07. The summed E-state index contributed by atoms with van der Waals surface area (Å²) >= 11 is 0. The molecule has 1 aromatic rings. The highest BCUT2D eigenvalue weighted by Crippen LogP contribution is 2.38. The van der Waals surface area contributed by atoms with Gasteiger partial charge in [0.15, 0.2) is 0 Å². The summed E-state index contributed by atoms with van der Waals surface area (Å²) in [6, 6.07) is 5.30. The first kappa shape index (κ1) is 10.4. The van der Waals surface area contributed by atoms with Gasteiger partial charge in [-0.25, -0.2) is 4.79 Å². The van der Waals surface area contributed by atoms with Crippen molar-refractivity contribution in [3.8, 4) is 0 Å². The Balaban J connectivity index is 2.63. The fourth-order valence-corrected chi connectivity index (χ4v) is 2.07. The Hall–Kier alpha value is -2.10. The van der Waals surface area contributed by atoms with Gasteiger partial charge in [0.1, 0.15) is 5.92 Å². The van der Waals surface area contributed by atoms with Gasteiger partial charge in [0.2, 0.25) is 0 Å². The van der Waals surface area contributed by atoms with Crippen molar-refractivity contribution in [2.75, 3.05) is 0 Å². The molecule has 0 aromatic heterocycles. The molecular weight excluding hydrogens is 208 g/mol. The highest BCUT2D eigenvalue weighted by atomic mass is 16.4. The molecular formula is C12H10O4. The van der Waals surface area contributed by atoms with Crippen molar-refractivity contribution in [1.82, 2.24) is 0 Å². The van der Waals surface area contributed by atoms with Crippen LogP contribution in [0.3, 0.4) is 0 Å². The molecule has 2 N–H and O–H groups in total. The summed E-state index contributed by atoms with van der Waals surface area (Å²) in [5.74, 6) is -3.35. The van der Waals surface area contributed by atoms with Crippen LogP contribution in [0.25, 0.3) is 6.08 Å². The van der Waals surface area contributed by atoms with Crippen molar-refractivity contribution in [2.24, 2.45) is 0 Å². The lowest BCUT2D eigenvalue weighted by atomic mass is 9.92. The van der Waals surface area contributed by atoms with E-state index in [9.17, 15) is 9.59 Å². The number of aliphatic carboxylic acids is 2. The Morgan fingerprint density at radius 3 is 2.50 bits per heavy atom. The molecule has 0 spiro atoms. The van der Waals surface area contributed by atoms with Crippen LogP contribution in [-0.4, -0.2) is 22.2 Å². The van der Waals surface area contributed by atoms with Crippen LogP contribution < -0.4 is 0 Å². The summed E-state index contributed by atoms with van der Waals surface area (Å²) in [6.07, 6.45) is 1.43. The molecule has 0 bridgehead atoms. The van der Waals surface area contributed by atoms with E-state index >= 15 is 0 Å². The van der Waals surface area contributed by atoms with Gasteiger partial charge in [0.05, 0.1) is 5.57 Å². The number of carboxylic acids is 2. The first-order valence-corrected chi connectivity index (χ1v) is 4.79. The maximum absolute atomic E-state index is 11.1. The zero-order valence-electron chi connectivity index (χ0n) is 8.60. The van der Waals surface area contributed by atoms with Gasteiger partial charge in [-0.05, 0) is 29.7 Å². The van der Waals surface area contributed by atoms with Crippen molar-refractivity contribution in [1.29, 1.82) is 0 Å². The molecule has 0 heterocycles. The summed E-state index contributed by atoms with van der Waals surface area (Å²) in [5, 5.41) is 18.1. The molecule has 2 rings (SSSR count). The molecule has 0 amide bonds. The second-order valence-electron chi connectivity index (χ2n) is 3.75. The Kier molecular flexibility index (Phi) is 2.27. The number of carbonyl (C=O) groups is 2. The number of aryl methyl sites for hydroxylation is 1. The molecule has 1 aliphatic rings. The predicted molar refractivity (Wildman–Crippen MR) is 57.2 cm³/mol. The number of rotatable bonds is 2. The van der Waals surface area contributed by atoms with E-state index in [0.717, 1.165) is 5.56 Å². The van der Waals surface area contributed by atoms with Gasteiger partial charge >= 0.3 is 11.9 Å². The largest absolute Gasteiger partial charge is 0.481 e. The summed E-state index contributed by atoms with van der Waals surface area (Å²) in [6.45, 7) is 1.79. The van der Waals surface area contributed by atoms with Crippen LogP contribution in [0.2, 0.25) is 0 Å². The Morgan fingerprint density at radius 1 is 1.25 bits per heavy atom. The lowest BCUT2D eigenvalue weighted by Crippen LogP contribution is -2.17. The summed E-state index contributed by atoms with van der Waals surface area (Å²) < 4.78 is 0. The van der Waals surface area contributed by atoms with E-state index in [-0.39, 0.29) is 5.57 Å². The number of hydrogen-bond acceptors (Lipinski definition) is 2. The van der Waals surface area contributed by atoms with E-state index in [0.29, 0.717) is 11.1 Å². The van der Waals surface area contributed by atoms with E-state index in [1.807, 2.05) is 0 Å². The molecule has 0 fully saturated rings. The molecule has 0 saturated carbocycles. The minimum absolute atomic E-state index is 0.0724. The molecule has 1 unspecified atom stereocenters. The van der Waals surface area contributed by atoms with E-state index in [2.05, 4.69) is 0 Å². The van der Waals surface area contributed by atoms with Crippen molar-refractivity contribution in [2.45, 2.75) is 12.8 Å². The van der Waals surface area contributed by atoms with Crippen LogP contribution >= 0.6 is 0 Å². The summed E-state index contributed by atoms with van der Waals surface area (Å²) in [4.78, 5) is 22.1. The average Bonchev–Trinajstić information content (AvgIpc) is 2.58. The quantitative estimate of drug-likeness (QED) is 0.791. The van der Waals surface area contributed by atoms with Crippen LogP contribution in [0.15, 0.2) is 23.8 Å². The number of benzene rings is 1. The second kappa shape index (κ2) is 3.48. The van der Waals surface area contributed by atoms with Crippen LogP contribution in [0, 0.1) is 6.92 Å². The highest BCUT2D eigenvalue weighted by molar-refractivity contribution is 6.04. The van der Waals surface area contributed by atoms with Crippen LogP contribution in [-0.2, 0) is 9.59 Å². The average molecular weight is 218 g/mol. The van der Waals surface area contributed by atoms with Crippen LogP contribution in [0.5, 0.6) is 0 Å². The van der Waals surface area contributed by atoms with Crippen molar-refractivity contribution in [3.05, 3.63) is 40.5 Å². The van der Waals surface area contributed by atoms with E-state index in [4.69, 9.17) is 10.2 Å². The standard InChI is InChI=1S/C12H10O4/c1-6-3-2-4-7-5-8(11(13)14)10(9(6)7)12(15)16/h2-5,10H,1H3,(H,13,14)(H,15,16). The smallest absolute Gasteiger partial charge is 0.332 e. The van der Waals surface area contributed by atoms with Crippen molar-refractivity contribution >= 4 is 18.0 Å². The van der Waals surface area contributed by atoms with Gasteiger partial charge < -0.3 is 10.2 Å². The number of hydrogen-bond donors (Lipinski definition) is 2. The first-order chi connectivity index (χ1) is 7.52.